The normalized spacial score (nSPS) is 11.0. The van der Waals surface area contributed by atoms with Gasteiger partial charge in [0.1, 0.15) is 0 Å². The van der Waals surface area contributed by atoms with Gasteiger partial charge in [0.15, 0.2) is 0 Å². The zero-order chi connectivity index (χ0) is 17.3. The van der Waals surface area contributed by atoms with E-state index in [-0.39, 0.29) is 11.5 Å². The lowest BCUT2D eigenvalue weighted by Gasteiger charge is -2.20. The molecule has 2 heterocycles. The summed E-state index contributed by atoms with van der Waals surface area (Å²) in [6, 6.07) is 9.92. The third kappa shape index (κ3) is 3.41. The number of hydrogen-bond acceptors (Lipinski definition) is 3. The van der Waals surface area contributed by atoms with Crippen molar-refractivity contribution in [2.45, 2.75) is 33.9 Å². The van der Waals surface area contributed by atoms with Crippen LogP contribution < -0.4 is 5.56 Å². The molecule has 0 saturated carbocycles. The fourth-order valence-corrected chi connectivity index (χ4v) is 3.43. The maximum absolute atomic E-state index is 12.4. The quantitative estimate of drug-likeness (QED) is 0.786. The maximum atomic E-state index is 12.4. The molecule has 0 atom stereocenters. The number of nitrogens with one attached hydrogen (secondary N) is 1. The van der Waals surface area contributed by atoms with Gasteiger partial charge in [-0.3, -0.25) is 9.59 Å². The van der Waals surface area contributed by atoms with Gasteiger partial charge in [0.25, 0.3) is 5.56 Å². The van der Waals surface area contributed by atoms with Crippen LogP contribution in [-0.4, -0.2) is 15.8 Å². The van der Waals surface area contributed by atoms with Crippen molar-refractivity contribution in [2.75, 3.05) is 0 Å². The fraction of sp³-hybridized carbons (Fsp3) is 0.263. The first-order valence-corrected chi connectivity index (χ1v) is 8.73. The molecule has 1 N–H and O–H groups in total. The number of carbonyl (C=O) groups excluding carboxylic acids is 1. The average Bonchev–Trinajstić information content (AvgIpc) is 3.02. The van der Waals surface area contributed by atoms with Crippen LogP contribution in [0.4, 0.5) is 0 Å². The number of aryl methyl sites for hydroxylation is 2. The van der Waals surface area contributed by atoms with Crippen molar-refractivity contribution in [3.05, 3.63) is 67.6 Å². The Hall–Kier alpha value is -2.40. The maximum Gasteiger partial charge on any atom is 0.253 e. The molecule has 1 aromatic carbocycles. The highest BCUT2D eigenvalue weighted by molar-refractivity contribution is 7.09. The third-order valence-electron chi connectivity index (χ3n) is 4.27. The van der Waals surface area contributed by atoms with Gasteiger partial charge in [-0.05, 0) is 60.0 Å². The molecule has 3 rings (SSSR count). The van der Waals surface area contributed by atoms with E-state index in [1.54, 1.807) is 16.2 Å². The molecule has 0 radical (unpaired) electrons. The summed E-state index contributed by atoms with van der Waals surface area (Å²) >= 11 is 1.61. The monoisotopic (exact) mass is 340 g/mol. The Bertz CT molecular complexity index is 942. The van der Waals surface area contributed by atoms with Gasteiger partial charge in [-0.25, -0.2) is 0 Å². The van der Waals surface area contributed by atoms with E-state index in [9.17, 15) is 9.59 Å². The molecule has 0 saturated heterocycles. The highest BCUT2D eigenvalue weighted by Crippen LogP contribution is 2.19. The lowest BCUT2D eigenvalue weighted by molar-refractivity contribution is -0.130. The number of carbonyl (C=O) groups is 1. The Kier molecular flexibility index (Phi) is 4.53. The number of amides is 1. The standard InChI is InChI=1S/C19H20N2O2S/c1-12-7-15-9-16(19(23)20-18(15)8-13(12)2)10-21(14(3)22)11-17-5-4-6-24-17/h4-9H,10-11H2,1-3H3,(H,20,23). The molecule has 24 heavy (non-hydrogen) atoms. The van der Waals surface area contributed by atoms with E-state index in [0.29, 0.717) is 18.7 Å². The summed E-state index contributed by atoms with van der Waals surface area (Å²) in [5.74, 6) is -0.0389. The second-order valence-electron chi connectivity index (χ2n) is 6.10. The SMILES string of the molecule is CC(=O)N(Cc1cccs1)Cc1cc2cc(C)c(C)cc2[nH]c1=O. The molecule has 4 nitrogen and oxygen atoms in total. The minimum atomic E-state index is -0.136. The summed E-state index contributed by atoms with van der Waals surface area (Å²) in [6.07, 6.45) is 0. The van der Waals surface area contributed by atoms with Crippen molar-refractivity contribution in [3.8, 4) is 0 Å². The zero-order valence-electron chi connectivity index (χ0n) is 14.1. The van der Waals surface area contributed by atoms with E-state index in [0.717, 1.165) is 21.3 Å². The summed E-state index contributed by atoms with van der Waals surface area (Å²) in [5, 5.41) is 2.98. The first kappa shape index (κ1) is 16.5. The summed E-state index contributed by atoms with van der Waals surface area (Å²) < 4.78 is 0. The van der Waals surface area contributed by atoms with Crippen LogP contribution in [0, 0.1) is 13.8 Å². The molecule has 0 aliphatic rings. The van der Waals surface area contributed by atoms with Gasteiger partial charge in [0.05, 0.1) is 13.1 Å². The number of pyridine rings is 1. The lowest BCUT2D eigenvalue weighted by Crippen LogP contribution is -2.30. The van der Waals surface area contributed by atoms with Crippen molar-refractivity contribution in [2.24, 2.45) is 0 Å². The number of nitrogens with zero attached hydrogens (tertiary/aromatic N) is 1. The highest BCUT2D eigenvalue weighted by Gasteiger charge is 2.14. The Morgan fingerprint density at radius 2 is 1.92 bits per heavy atom. The number of aromatic amines is 1. The molecule has 0 fully saturated rings. The fourth-order valence-electron chi connectivity index (χ4n) is 2.71. The van der Waals surface area contributed by atoms with Crippen molar-refractivity contribution in [1.29, 1.82) is 0 Å². The highest BCUT2D eigenvalue weighted by atomic mass is 32.1. The van der Waals surface area contributed by atoms with Crippen molar-refractivity contribution >= 4 is 28.1 Å². The average molecular weight is 340 g/mol. The second-order valence-corrected chi connectivity index (χ2v) is 7.13. The predicted octanol–water partition coefficient (Wildman–Crippen LogP) is 3.76. The molecule has 1 amide bonds. The van der Waals surface area contributed by atoms with Crippen LogP contribution in [0.1, 0.15) is 28.5 Å². The molecule has 0 unspecified atom stereocenters. The predicted molar refractivity (Wildman–Crippen MR) is 98.3 cm³/mol. The van der Waals surface area contributed by atoms with Gasteiger partial charge in [0.2, 0.25) is 5.91 Å². The van der Waals surface area contributed by atoms with Crippen LogP contribution in [0.3, 0.4) is 0 Å². The van der Waals surface area contributed by atoms with Gasteiger partial charge in [-0.2, -0.15) is 0 Å². The molecule has 124 valence electrons. The first-order valence-electron chi connectivity index (χ1n) is 7.85. The number of fused-ring (bicyclic) bond motifs is 1. The molecule has 0 bridgehead atoms. The van der Waals surface area contributed by atoms with Crippen molar-refractivity contribution < 1.29 is 4.79 Å². The van der Waals surface area contributed by atoms with E-state index in [1.165, 1.54) is 12.5 Å². The van der Waals surface area contributed by atoms with Crippen molar-refractivity contribution in [1.82, 2.24) is 9.88 Å². The smallest absolute Gasteiger partial charge is 0.253 e. The van der Waals surface area contributed by atoms with Gasteiger partial charge in [-0.1, -0.05) is 6.07 Å². The number of thiophene rings is 1. The Labute approximate surface area is 144 Å². The van der Waals surface area contributed by atoms with Crippen LogP contribution in [0.5, 0.6) is 0 Å². The Morgan fingerprint density at radius 3 is 2.58 bits per heavy atom. The molecular formula is C19H20N2O2S. The minimum absolute atomic E-state index is 0.0389. The van der Waals surface area contributed by atoms with Gasteiger partial charge in [-0.15, -0.1) is 11.3 Å². The Morgan fingerprint density at radius 1 is 1.17 bits per heavy atom. The number of aromatic nitrogens is 1. The summed E-state index contributed by atoms with van der Waals surface area (Å²) in [4.78, 5) is 30.1. The molecular weight excluding hydrogens is 320 g/mol. The molecule has 3 aromatic rings. The van der Waals surface area contributed by atoms with E-state index in [2.05, 4.69) is 18.0 Å². The summed E-state index contributed by atoms with van der Waals surface area (Å²) in [7, 11) is 0. The number of rotatable bonds is 4. The van der Waals surface area contributed by atoms with E-state index >= 15 is 0 Å². The van der Waals surface area contributed by atoms with Gasteiger partial charge >= 0.3 is 0 Å². The summed E-state index contributed by atoms with van der Waals surface area (Å²) in [5.41, 5.74) is 3.64. The lowest BCUT2D eigenvalue weighted by atomic mass is 10.0. The molecule has 2 aromatic heterocycles. The van der Waals surface area contributed by atoms with Gasteiger partial charge < -0.3 is 9.88 Å². The first-order chi connectivity index (χ1) is 11.4. The van der Waals surface area contributed by atoms with Crippen LogP contribution in [-0.2, 0) is 17.9 Å². The topological polar surface area (TPSA) is 53.2 Å². The van der Waals surface area contributed by atoms with Crippen LogP contribution in [0.2, 0.25) is 0 Å². The number of hydrogen-bond donors (Lipinski definition) is 1. The largest absolute Gasteiger partial charge is 0.333 e. The van der Waals surface area contributed by atoms with Crippen molar-refractivity contribution in [3.63, 3.8) is 0 Å². The molecule has 0 aliphatic carbocycles. The molecule has 0 spiro atoms. The second kappa shape index (κ2) is 6.61. The zero-order valence-corrected chi connectivity index (χ0v) is 14.9. The van der Waals surface area contributed by atoms with E-state index < -0.39 is 0 Å². The third-order valence-corrected chi connectivity index (χ3v) is 5.13. The van der Waals surface area contributed by atoms with E-state index in [1.807, 2.05) is 36.6 Å². The minimum Gasteiger partial charge on any atom is -0.333 e. The van der Waals surface area contributed by atoms with E-state index in [4.69, 9.17) is 0 Å². The molecule has 0 aliphatic heterocycles. The van der Waals surface area contributed by atoms with Crippen LogP contribution >= 0.6 is 11.3 Å². The van der Waals surface area contributed by atoms with Crippen LogP contribution in [0.25, 0.3) is 10.9 Å². The summed E-state index contributed by atoms with van der Waals surface area (Å²) in [6.45, 7) is 6.46. The Balaban J connectivity index is 1.95. The number of benzene rings is 1. The number of H-pyrrole nitrogens is 1. The van der Waals surface area contributed by atoms with Crippen LogP contribution in [0.15, 0.2) is 40.5 Å². The van der Waals surface area contributed by atoms with Gasteiger partial charge in [0, 0.05) is 22.9 Å². The molecule has 5 heteroatoms.